The molecular formula is C17H22F3N3O3. The monoisotopic (exact) mass is 373 g/mol. The number of aliphatic carboxylic acids is 1. The van der Waals surface area contributed by atoms with Crippen LogP contribution < -0.4 is 5.32 Å². The maximum absolute atomic E-state index is 12.4. The van der Waals surface area contributed by atoms with Crippen LogP contribution in [0.1, 0.15) is 42.8 Å². The van der Waals surface area contributed by atoms with E-state index in [9.17, 15) is 18.0 Å². The lowest BCUT2D eigenvalue weighted by Gasteiger charge is -2.21. The van der Waals surface area contributed by atoms with Gasteiger partial charge in [-0.1, -0.05) is 12.2 Å². The van der Waals surface area contributed by atoms with Crippen LogP contribution in [-0.4, -0.2) is 33.4 Å². The number of nitrogens with one attached hydrogen (secondary N) is 2. The quantitative estimate of drug-likeness (QED) is 0.710. The molecule has 2 aliphatic carbocycles. The van der Waals surface area contributed by atoms with Gasteiger partial charge >= 0.3 is 12.1 Å². The lowest BCUT2D eigenvalue weighted by atomic mass is 9.92. The number of carboxylic acid groups (broad SMARTS) is 1. The number of halogens is 3. The Morgan fingerprint density at radius 3 is 2.31 bits per heavy atom. The number of aryl methyl sites for hydroxylation is 2. The summed E-state index contributed by atoms with van der Waals surface area (Å²) in [5.41, 5.74) is 3.13. The van der Waals surface area contributed by atoms with E-state index in [2.05, 4.69) is 27.7 Å². The van der Waals surface area contributed by atoms with E-state index in [1.807, 2.05) is 20.8 Å². The molecule has 1 fully saturated rings. The van der Waals surface area contributed by atoms with Crippen molar-refractivity contribution >= 4 is 11.9 Å². The molecule has 3 N–H and O–H groups in total. The Hall–Kier alpha value is -2.32. The van der Waals surface area contributed by atoms with Crippen LogP contribution in [0.4, 0.5) is 13.2 Å². The molecule has 0 radical (unpaired) electrons. The number of allylic oxidation sites excluding steroid dienone is 2. The molecule has 0 aromatic carbocycles. The SMILES string of the molecule is Cc1n[nH]c(C)c1C(C)NC(=O)[C@@H]1C[C@@H]2C=C[C@H]1C2.O=C(O)C(F)(F)F. The summed E-state index contributed by atoms with van der Waals surface area (Å²) in [6, 6.07) is 0.0226. The fourth-order valence-corrected chi connectivity index (χ4v) is 3.67. The number of amides is 1. The van der Waals surface area contributed by atoms with Crippen LogP contribution in [0.25, 0.3) is 0 Å². The fraction of sp³-hybridized carbons (Fsp3) is 0.588. The Balaban J connectivity index is 0.000000298. The number of carbonyl (C=O) groups is 2. The smallest absolute Gasteiger partial charge is 0.475 e. The van der Waals surface area contributed by atoms with E-state index in [-0.39, 0.29) is 17.9 Å². The highest BCUT2D eigenvalue weighted by molar-refractivity contribution is 5.80. The molecule has 1 unspecified atom stereocenters. The summed E-state index contributed by atoms with van der Waals surface area (Å²) in [6.07, 6.45) is 1.58. The number of nitrogens with zero attached hydrogens (tertiary/aromatic N) is 1. The Labute approximate surface area is 148 Å². The van der Waals surface area contributed by atoms with E-state index in [1.165, 1.54) is 0 Å². The Bertz CT molecular complexity index is 692. The minimum atomic E-state index is -5.08. The van der Waals surface area contributed by atoms with Gasteiger partial charge in [-0.05, 0) is 45.4 Å². The standard InChI is InChI=1S/C15H21N3O.C2HF3O2/c1-8(14-9(2)17-18-10(14)3)16-15(19)13-7-11-4-5-12(13)6-11;3-2(4,5)1(6)7/h4-5,8,11-13H,6-7H2,1-3H3,(H,16,19)(H,17,18);(H,6,7)/t8?,11-,12+,13-;/m1./s1. The number of hydrogen-bond acceptors (Lipinski definition) is 3. The first-order valence-electron chi connectivity index (χ1n) is 8.31. The summed E-state index contributed by atoms with van der Waals surface area (Å²) in [5.74, 6) is -1.29. The third kappa shape index (κ3) is 4.44. The lowest BCUT2D eigenvalue weighted by Crippen LogP contribution is -2.35. The Morgan fingerprint density at radius 2 is 1.92 bits per heavy atom. The van der Waals surface area contributed by atoms with Crippen molar-refractivity contribution in [1.82, 2.24) is 15.5 Å². The molecule has 6 nitrogen and oxygen atoms in total. The Kier molecular flexibility index (Phi) is 5.77. The maximum atomic E-state index is 12.4. The van der Waals surface area contributed by atoms with Gasteiger partial charge in [0.25, 0.3) is 0 Å². The first kappa shape index (κ1) is 20.0. The second-order valence-corrected chi connectivity index (χ2v) is 6.77. The van der Waals surface area contributed by atoms with E-state index < -0.39 is 12.1 Å². The maximum Gasteiger partial charge on any atom is 0.490 e. The molecular weight excluding hydrogens is 351 g/mol. The number of rotatable bonds is 3. The van der Waals surface area contributed by atoms with Gasteiger partial charge in [-0.15, -0.1) is 0 Å². The van der Waals surface area contributed by atoms with Crippen LogP contribution in [-0.2, 0) is 9.59 Å². The lowest BCUT2D eigenvalue weighted by molar-refractivity contribution is -0.192. The summed E-state index contributed by atoms with van der Waals surface area (Å²) in [7, 11) is 0. The number of aromatic amines is 1. The van der Waals surface area contributed by atoms with Crippen LogP contribution in [0.2, 0.25) is 0 Å². The van der Waals surface area contributed by atoms with Gasteiger partial charge in [0.15, 0.2) is 0 Å². The van der Waals surface area contributed by atoms with Crippen LogP contribution in [0.15, 0.2) is 12.2 Å². The van der Waals surface area contributed by atoms with Gasteiger partial charge < -0.3 is 10.4 Å². The molecule has 1 heterocycles. The summed E-state index contributed by atoms with van der Waals surface area (Å²) in [5, 5.41) is 17.5. The van der Waals surface area contributed by atoms with Crippen molar-refractivity contribution in [3.63, 3.8) is 0 Å². The summed E-state index contributed by atoms with van der Waals surface area (Å²) in [4.78, 5) is 21.3. The number of carboxylic acids is 1. The summed E-state index contributed by atoms with van der Waals surface area (Å²) >= 11 is 0. The summed E-state index contributed by atoms with van der Waals surface area (Å²) < 4.78 is 31.7. The highest BCUT2D eigenvalue weighted by atomic mass is 19.4. The van der Waals surface area contributed by atoms with Crippen molar-refractivity contribution in [1.29, 1.82) is 0 Å². The number of alkyl halides is 3. The van der Waals surface area contributed by atoms with Crippen molar-refractivity contribution in [2.24, 2.45) is 17.8 Å². The van der Waals surface area contributed by atoms with Crippen molar-refractivity contribution in [2.45, 2.75) is 45.8 Å². The average molecular weight is 373 g/mol. The first-order valence-corrected chi connectivity index (χ1v) is 8.31. The number of aromatic nitrogens is 2. The third-order valence-electron chi connectivity index (χ3n) is 4.84. The average Bonchev–Trinajstić information content (AvgIpc) is 3.22. The molecule has 1 amide bonds. The van der Waals surface area contributed by atoms with Crippen molar-refractivity contribution in [2.75, 3.05) is 0 Å². The molecule has 3 rings (SSSR count). The second-order valence-electron chi connectivity index (χ2n) is 6.77. The predicted octanol–water partition coefficient (Wildman–Crippen LogP) is 3.05. The zero-order valence-electron chi connectivity index (χ0n) is 14.7. The van der Waals surface area contributed by atoms with Crippen LogP contribution >= 0.6 is 0 Å². The highest BCUT2D eigenvalue weighted by Gasteiger charge is 2.40. The van der Waals surface area contributed by atoms with Crippen molar-refractivity contribution < 1.29 is 27.9 Å². The molecule has 144 valence electrons. The molecule has 0 saturated heterocycles. The van der Waals surface area contributed by atoms with Gasteiger partial charge in [0.05, 0.1) is 11.7 Å². The van der Waals surface area contributed by atoms with E-state index in [1.54, 1.807) is 0 Å². The minimum Gasteiger partial charge on any atom is -0.475 e. The number of fused-ring (bicyclic) bond motifs is 2. The minimum absolute atomic E-state index is 0.0226. The molecule has 1 saturated carbocycles. The van der Waals surface area contributed by atoms with E-state index in [0.717, 1.165) is 29.8 Å². The van der Waals surface area contributed by atoms with Crippen LogP contribution in [0.5, 0.6) is 0 Å². The van der Waals surface area contributed by atoms with E-state index in [4.69, 9.17) is 9.90 Å². The number of hydrogen-bond donors (Lipinski definition) is 3. The highest BCUT2D eigenvalue weighted by Crippen LogP contribution is 2.43. The van der Waals surface area contributed by atoms with E-state index in [0.29, 0.717) is 11.8 Å². The zero-order valence-corrected chi connectivity index (χ0v) is 14.7. The molecule has 2 aliphatic rings. The number of carbonyl (C=O) groups excluding carboxylic acids is 1. The fourth-order valence-electron chi connectivity index (χ4n) is 3.67. The zero-order chi connectivity index (χ0) is 19.6. The number of H-pyrrole nitrogens is 1. The molecule has 2 bridgehead atoms. The molecule has 0 spiro atoms. The van der Waals surface area contributed by atoms with E-state index >= 15 is 0 Å². The van der Waals surface area contributed by atoms with Crippen molar-refractivity contribution in [3.8, 4) is 0 Å². The third-order valence-corrected chi connectivity index (χ3v) is 4.84. The second kappa shape index (κ2) is 7.51. The van der Waals surface area contributed by atoms with Gasteiger partial charge in [-0.2, -0.15) is 18.3 Å². The Morgan fingerprint density at radius 1 is 1.31 bits per heavy atom. The molecule has 4 atom stereocenters. The van der Waals surface area contributed by atoms with Crippen molar-refractivity contribution in [3.05, 3.63) is 29.1 Å². The normalized spacial score (nSPS) is 24.8. The van der Waals surface area contributed by atoms with Gasteiger partial charge in [-0.3, -0.25) is 9.89 Å². The predicted molar refractivity (Wildman–Crippen MR) is 87.2 cm³/mol. The molecule has 0 aliphatic heterocycles. The summed E-state index contributed by atoms with van der Waals surface area (Å²) in [6.45, 7) is 6.01. The molecule has 9 heteroatoms. The topological polar surface area (TPSA) is 95.1 Å². The van der Waals surface area contributed by atoms with Crippen LogP contribution in [0, 0.1) is 31.6 Å². The van der Waals surface area contributed by atoms with Gasteiger partial charge in [-0.25, -0.2) is 4.79 Å². The van der Waals surface area contributed by atoms with Crippen LogP contribution in [0.3, 0.4) is 0 Å². The van der Waals surface area contributed by atoms with Gasteiger partial charge in [0, 0.05) is 17.2 Å². The largest absolute Gasteiger partial charge is 0.490 e. The van der Waals surface area contributed by atoms with Gasteiger partial charge in [0.1, 0.15) is 0 Å². The molecule has 26 heavy (non-hydrogen) atoms. The van der Waals surface area contributed by atoms with Gasteiger partial charge in [0.2, 0.25) is 5.91 Å². The molecule has 1 aromatic heterocycles. The first-order chi connectivity index (χ1) is 12.0. The molecule has 1 aromatic rings.